The third kappa shape index (κ3) is 2.94. The fourth-order valence-corrected chi connectivity index (χ4v) is 4.41. The fraction of sp³-hybridized carbons (Fsp3) is 0.300. The molecular weight excluding hydrogens is 344 g/mol. The van der Waals surface area contributed by atoms with E-state index >= 15 is 0 Å². The smallest absolute Gasteiger partial charge is 0.214 e. The number of Topliss-reactive ketones (excluding diaryl/α,β-unsaturated/α-hetero) is 1. The third-order valence-electron chi connectivity index (χ3n) is 4.59. The van der Waals surface area contributed by atoms with Crippen LogP contribution in [0.2, 0.25) is 0 Å². The number of aromatic nitrogens is 4. The van der Waals surface area contributed by atoms with Gasteiger partial charge < -0.3 is 0 Å². The number of para-hydroxylation sites is 1. The van der Waals surface area contributed by atoms with Crippen molar-refractivity contribution in [3.63, 3.8) is 0 Å². The molecule has 3 aromatic rings. The van der Waals surface area contributed by atoms with Crippen LogP contribution in [0.5, 0.6) is 0 Å². The van der Waals surface area contributed by atoms with E-state index in [0.29, 0.717) is 11.6 Å². The van der Waals surface area contributed by atoms with Crippen LogP contribution in [-0.2, 0) is 11.8 Å². The summed E-state index contributed by atoms with van der Waals surface area (Å²) in [6, 6.07) is 15.9. The Hall–Kier alpha value is -2.47. The molecule has 1 aliphatic carbocycles. The summed E-state index contributed by atoms with van der Waals surface area (Å²) in [5.41, 5.74) is 3.95. The largest absolute Gasteiger partial charge is 0.293 e. The van der Waals surface area contributed by atoms with Crippen LogP contribution < -0.4 is 0 Å². The molecule has 0 saturated heterocycles. The lowest BCUT2D eigenvalue weighted by Gasteiger charge is -2.22. The molecule has 4 rings (SSSR count). The predicted octanol–water partition coefficient (Wildman–Crippen LogP) is 3.86. The number of carbonyl (C=O) groups excluding carboxylic acids is 1. The first kappa shape index (κ1) is 17.0. The Morgan fingerprint density at radius 2 is 1.85 bits per heavy atom. The van der Waals surface area contributed by atoms with Crippen molar-refractivity contribution in [3.8, 4) is 5.69 Å². The predicted molar refractivity (Wildman–Crippen MR) is 102 cm³/mol. The third-order valence-corrected chi connectivity index (χ3v) is 5.72. The minimum absolute atomic E-state index is 0.0633. The maximum Gasteiger partial charge on any atom is 0.214 e. The van der Waals surface area contributed by atoms with Crippen molar-refractivity contribution in [2.45, 2.75) is 43.0 Å². The van der Waals surface area contributed by atoms with Gasteiger partial charge in [0.2, 0.25) is 5.16 Å². The first-order chi connectivity index (χ1) is 12.4. The molecule has 1 aromatic heterocycles. The Morgan fingerprint density at radius 1 is 1.08 bits per heavy atom. The highest BCUT2D eigenvalue weighted by molar-refractivity contribution is 8.00. The molecular formula is C20H20N4OS. The lowest BCUT2D eigenvalue weighted by molar-refractivity contribution is 0.0998. The van der Waals surface area contributed by atoms with Crippen molar-refractivity contribution >= 4 is 17.5 Å². The number of fused-ring (bicyclic) bond motifs is 1. The highest BCUT2D eigenvalue weighted by Crippen LogP contribution is 2.38. The monoisotopic (exact) mass is 364 g/mol. The van der Waals surface area contributed by atoms with E-state index < -0.39 is 0 Å². The van der Waals surface area contributed by atoms with Gasteiger partial charge in [0, 0.05) is 5.56 Å². The highest BCUT2D eigenvalue weighted by Gasteiger charge is 2.36. The standard InChI is InChI=1S/C20H20N4OS/c1-20(2,3)15-11-7-8-13-12-16(18(25)17(13)15)26-19-21-22-23-24(19)14-9-5-4-6-10-14/h4-11,16H,12H2,1-3H3. The Balaban J connectivity index is 1.65. The molecule has 6 heteroatoms. The van der Waals surface area contributed by atoms with Crippen molar-refractivity contribution in [2.24, 2.45) is 0 Å². The summed E-state index contributed by atoms with van der Waals surface area (Å²) in [6.07, 6.45) is 0.713. The van der Waals surface area contributed by atoms with Gasteiger partial charge in [-0.2, -0.15) is 4.68 Å². The molecule has 0 N–H and O–H groups in total. The van der Waals surface area contributed by atoms with Crippen LogP contribution in [0.3, 0.4) is 0 Å². The molecule has 0 radical (unpaired) electrons. The summed E-state index contributed by atoms with van der Waals surface area (Å²) in [7, 11) is 0. The zero-order valence-corrected chi connectivity index (χ0v) is 15.8. The van der Waals surface area contributed by atoms with Gasteiger partial charge in [-0.15, -0.1) is 5.10 Å². The number of thioether (sulfide) groups is 1. The van der Waals surface area contributed by atoms with Crippen LogP contribution in [0, 0.1) is 0 Å². The maximum atomic E-state index is 13.1. The summed E-state index contributed by atoms with van der Waals surface area (Å²) in [5, 5.41) is 12.5. The molecule has 1 unspecified atom stereocenters. The number of hydrogen-bond acceptors (Lipinski definition) is 5. The van der Waals surface area contributed by atoms with Crippen LogP contribution in [0.25, 0.3) is 5.69 Å². The zero-order chi connectivity index (χ0) is 18.3. The van der Waals surface area contributed by atoms with Gasteiger partial charge in [-0.25, -0.2) is 0 Å². The molecule has 0 fully saturated rings. The number of tetrazole rings is 1. The summed E-state index contributed by atoms with van der Waals surface area (Å²) >= 11 is 1.44. The average Bonchev–Trinajstić information content (AvgIpc) is 3.20. The molecule has 1 atom stereocenters. The molecule has 2 aromatic carbocycles. The van der Waals surface area contributed by atoms with Gasteiger partial charge in [0.05, 0.1) is 10.9 Å². The molecule has 1 aliphatic rings. The second kappa shape index (κ2) is 6.36. The quantitative estimate of drug-likeness (QED) is 0.706. The summed E-state index contributed by atoms with van der Waals surface area (Å²) in [5.74, 6) is 0.179. The van der Waals surface area contributed by atoms with Crippen LogP contribution in [0.1, 0.15) is 42.3 Å². The molecule has 1 heterocycles. The Bertz CT molecular complexity index is 959. The van der Waals surface area contributed by atoms with E-state index in [1.165, 1.54) is 11.8 Å². The molecule has 26 heavy (non-hydrogen) atoms. The first-order valence-electron chi connectivity index (χ1n) is 8.62. The SMILES string of the molecule is CC(C)(C)c1cccc2c1C(=O)C(Sc1nnnn1-c1ccccc1)C2. The van der Waals surface area contributed by atoms with E-state index in [4.69, 9.17) is 0 Å². The average molecular weight is 364 g/mol. The number of ketones is 1. The van der Waals surface area contributed by atoms with Crippen molar-refractivity contribution in [1.82, 2.24) is 20.2 Å². The lowest BCUT2D eigenvalue weighted by atomic mass is 9.82. The second-order valence-electron chi connectivity index (χ2n) is 7.47. The number of rotatable bonds is 3. The van der Waals surface area contributed by atoms with Gasteiger partial charge in [-0.05, 0) is 45.5 Å². The molecule has 132 valence electrons. The molecule has 5 nitrogen and oxygen atoms in total. The van der Waals surface area contributed by atoms with Crippen LogP contribution in [0.15, 0.2) is 53.7 Å². The lowest BCUT2D eigenvalue weighted by Crippen LogP contribution is -2.19. The van der Waals surface area contributed by atoms with Gasteiger partial charge in [-0.3, -0.25) is 4.79 Å². The molecule has 0 aliphatic heterocycles. The van der Waals surface area contributed by atoms with E-state index in [2.05, 4.69) is 48.4 Å². The normalized spacial score (nSPS) is 16.7. The molecule has 0 spiro atoms. The number of hydrogen-bond donors (Lipinski definition) is 0. The Labute approximate surface area is 156 Å². The van der Waals surface area contributed by atoms with Crippen molar-refractivity contribution in [1.29, 1.82) is 0 Å². The minimum Gasteiger partial charge on any atom is -0.293 e. The van der Waals surface area contributed by atoms with E-state index in [-0.39, 0.29) is 16.4 Å². The number of nitrogens with zero attached hydrogens (tertiary/aromatic N) is 4. The number of carbonyl (C=O) groups is 1. The van der Waals surface area contributed by atoms with E-state index in [9.17, 15) is 4.79 Å². The maximum absolute atomic E-state index is 13.1. The first-order valence-corrected chi connectivity index (χ1v) is 9.50. The fourth-order valence-electron chi connectivity index (χ4n) is 3.35. The Morgan fingerprint density at radius 3 is 2.58 bits per heavy atom. The minimum atomic E-state index is -0.193. The Kier molecular flexibility index (Phi) is 4.15. The summed E-state index contributed by atoms with van der Waals surface area (Å²) in [6.45, 7) is 6.44. The van der Waals surface area contributed by atoms with Crippen LogP contribution >= 0.6 is 11.8 Å². The van der Waals surface area contributed by atoms with E-state index in [1.807, 2.05) is 36.4 Å². The van der Waals surface area contributed by atoms with Gasteiger partial charge in [0.25, 0.3) is 0 Å². The van der Waals surface area contributed by atoms with Crippen LogP contribution in [0.4, 0.5) is 0 Å². The summed E-state index contributed by atoms with van der Waals surface area (Å²) < 4.78 is 1.69. The van der Waals surface area contributed by atoms with Gasteiger partial charge in [-0.1, -0.05) is 68.9 Å². The van der Waals surface area contributed by atoms with E-state index in [1.54, 1.807) is 4.68 Å². The zero-order valence-electron chi connectivity index (χ0n) is 15.0. The number of benzene rings is 2. The van der Waals surface area contributed by atoms with Crippen molar-refractivity contribution in [3.05, 3.63) is 65.2 Å². The molecule has 0 saturated carbocycles. The molecule has 0 bridgehead atoms. The van der Waals surface area contributed by atoms with Crippen LogP contribution in [-0.4, -0.2) is 31.2 Å². The highest BCUT2D eigenvalue weighted by atomic mass is 32.2. The van der Waals surface area contributed by atoms with E-state index in [0.717, 1.165) is 22.4 Å². The van der Waals surface area contributed by atoms with Crippen molar-refractivity contribution < 1.29 is 4.79 Å². The van der Waals surface area contributed by atoms with Gasteiger partial charge in [0.15, 0.2) is 5.78 Å². The van der Waals surface area contributed by atoms with Crippen molar-refractivity contribution in [2.75, 3.05) is 0 Å². The topological polar surface area (TPSA) is 60.7 Å². The van der Waals surface area contributed by atoms with Gasteiger partial charge >= 0.3 is 0 Å². The second-order valence-corrected chi connectivity index (χ2v) is 8.64. The summed E-state index contributed by atoms with van der Waals surface area (Å²) in [4.78, 5) is 13.1. The van der Waals surface area contributed by atoms with Gasteiger partial charge in [0.1, 0.15) is 0 Å². The molecule has 0 amide bonds.